The fraction of sp³-hybridized carbons (Fsp3) is 0.300. The maximum atomic E-state index is 12.7. The average Bonchev–Trinajstić information content (AvgIpc) is 2.24. The molecule has 1 nitrogen and oxygen atoms in total. The Morgan fingerprint density at radius 1 is 1.06 bits per heavy atom. The Morgan fingerprint density at radius 2 is 1.61 bits per heavy atom. The molecule has 0 aliphatic heterocycles. The summed E-state index contributed by atoms with van der Waals surface area (Å²) in [5, 5.41) is 0. The molecule has 0 aliphatic carbocycles. The Labute approximate surface area is 102 Å². The highest BCUT2D eigenvalue weighted by Gasteiger charge is 2.45. The fourth-order valence-corrected chi connectivity index (χ4v) is 2.01. The lowest BCUT2D eigenvalue weighted by atomic mass is 10.0. The zero-order valence-corrected chi connectivity index (χ0v) is 9.63. The van der Waals surface area contributed by atoms with Crippen LogP contribution >= 0.6 is 11.8 Å². The topological polar surface area (TPSA) is 17.1 Å². The lowest BCUT2D eigenvalue weighted by Crippen LogP contribution is -2.19. The van der Waals surface area contributed by atoms with Gasteiger partial charge in [0.05, 0.1) is 11.1 Å². The molecule has 0 N–H and O–H groups in total. The normalized spacial score (nSPS) is 12.6. The van der Waals surface area contributed by atoms with E-state index in [1.54, 1.807) is 0 Å². The average molecular weight is 288 g/mol. The SMILES string of the molecule is CSc1ccc(C(F)(F)F)c(C(F)(F)F)c1C=O. The Morgan fingerprint density at radius 3 is 1.94 bits per heavy atom. The molecule has 1 rings (SSSR count). The monoisotopic (exact) mass is 288 g/mol. The van der Waals surface area contributed by atoms with Gasteiger partial charge in [0.2, 0.25) is 0 Å². The standard InChI is InChI=1S/C10H6F6OS/c1-18-7-3-2-6(9(11,12)13)8(5(7)4-17)10(14,15)16/h2-4H,1H3. The third-order valence-electron chi connectivity index (χ3n) is 2.13. The van der Waals surface area contributed by atoms with Crippen LogP contribution in [0.2, 0.25) is 0 Å². The number of carbonyl (C=O) groups excluding carboxylic acids is 1. The minimum Gasteiger partial charge on any atom is -0.298 e. The first-order valence-electron chi connectivity index (χ1n) is 4.43. The van der Waals surface area contributed by atoms with E-state index in [-0.39, 0.29) is 11.2 Å². The van der Waals surface area contributed by atoms with Gasteiger partial charge in [-0.05, 0) is 18.4 Å². The highest BCUT2D eigenvalue weighted by atomic mass is 32.2. The molecule has 0 atom stereocenters. The zero-order valence-electron chi connectivity index (χ0n) is 8.82. The summed E-state index contributed by atoms with van der Waals surface area (Å²) in [6.45, 7) is 0. The molecule has 8 heteroatoms. The van der Waals surface area contributed by atoms with Crippen molar-refractivity contribution in [3.63, 3.8) is 0 Å². The van der Waals surface area contributed by atoms with E-state index in [2.05, 4.69) is 0 Å². The Bertz CT molecular complexity index is 463. The lowest BCUT2D eigenvalue weighted by Gasteiger charge is -2.18. The number of benzene rings is 1. The van der Waals surface area contributed by atoms with Crippen molar-refractivity contribution in [1.82, 2.24) is 0 Å². The van der Waals surface area contributed by atoms with Gasteiger partial charge in [0, 0.05) is 10.5 Å². The van der Waals surface area contributed by atoms with Gasteiger partial charge < -0.3 is 0 Å². The highest BCUT2D eigenvalue weighted by Crippen LogP contribution is 2.43. The van der Waals surface area contributed by atoms with Crippen molar-refractivity contribution in [3.05, 3.63) is 28.8 Å². The fourth-order valence-electron chi connectivity index (χ4n) is 1.44. The van der Waals surface area contributed by atoms with E-state index in [1.807, 2.05) is 0 Å². The minimum absolute atomic E-state index is 0.148. The number of hydrogen-bond acceptors (Lipinski definition) is 2. The largest absolute Gasteiger partial charge is 0.417 e. The van der Waals surface area contributed by atoms with Gasteiger partial charge in [-0.15, -0.1) is 11.8 Å². The molecule has 1 aromatic rings. The lowest BCUT2D eigenvalue weighted by molar-refractivity contribution is -0.162. The first-order chi connectivity index (χ1) is 8.12. The number of rotatable bonds is 2. The molecular formula is C10H6F6OS. The third kappa shape index (κ3) is 2.80. The van der Waals surface area contributed by atoms with Crippen molar-refractivity contribution in [2.24, 2.45) is 0 Å². The van der Waals surface area contributed by atoms with E-state index in [1.165, 1.54) is 6.26 Å². The maximum absolute atomic E-state index is 12.7. The third-order valence-corrected chi connectivity index (χ3v) is 2.93. The Hall–Kier alpha value is -1.18. The second-order valence-electron chi connectivity index (χ2n) is 3.22. The number of aldehydes is 1. The van der Waals surface area contributed by atoms with Gasteiger partial charge in [0.15, 0.2) is 6.29 Å². The predicted molar refractivity (Wildman–Crippen MR) is 53.6 cm³/mol. The molecule has 1 aromatic carbocycles. The summed E-state index contributed by atoms with van der Waals surface area (Å²) in [7, 11) is 0. The highest BCUT2D eigenvalue weighted by molar-refractivity contribution is 7.98. The van der Waals surface area contributed by atoms with Gasteiger partial charge in [-0.25, -0.2) is 0 Å². The van der Waals surface area contributed by atoms with Crippen molar-refractivity contribution in [1.29, 1.82) is 0 Å². The van der Waals surface area contributed by atoms with Gasteiger partial charge in [-0.1, -0.05) is 0 Å². The van der Waals surface area contributed by atoms with E-state index in [4.69, 9.17) is 0 Å². The van der Waals surface area contributed by atoms with E-state index < -0.39 is 29.0 Å². The van der Waals surface area contributed by atoms with Crippen LogP contribution in [0.4, 0.5) is 26.3 Å². The van der Waals surface area contributed by atoms with Crippen LogP contribution < -0.4 is 0 Å². The quantitative estimate of drug-likeness (QED) is 0.459. The van der Waals surface area contributed by atoms with Crippen molar-refractivity contribution in [3.8, 4) is 0 Å². The smallest absolute Gasteiger partial charge is 0.298 e. The molecule has 0 unspecified atom stereocenters. The van der Waals surface area contributed by atoms with Gasteiger partial charge in [0.25, 0.3) is 0 Å². The molecule has 18 heavy (non-hydrogen) atoms. The summed E-state index contributed by atoms with van der Waals surface area (Å²) in [4.78, 5) is 10.5. The summed E-state index contributed by atoms with van der Waals surface area (Å²) in [5.74, 6) is 0. The molecule has 0 amide bonds. The van der Waals surface area contributed by atoms with Crippen LogP contribution in [0.1, 0.15) is 21.5 Å². The van der Waals surface area contributed by atoms with Crippen molar-refractivity contribution in [2.45, 2.75) is 17.2 Å². The summed E-state index contributed by atoms with van der Waals surface area (Å²) in [6.07, 6.45) is -9.24. The van der Waals surface area contributed by atoms with E-state index in [0.29, 0.717) is 6.07 Å². The first kappa shape index (κ1) is 14.9. The van der Waals surface area contributed by atoms with Crippen molar-refractivity contribution >= 4 is 18.0 Å². The molecule has 0 aromatic heterocycles. The molecule has 0 spiro atoms. The molecule has 0 saturated heterocycles. The van der Waals surface area contributed by atoms with Crippen LogP contribution in [0.3, 0.4) is 0 Å². The second kappa shape index (κ2) is 4.83. The number of alkyl halides is 6. The zero-order chi connectivity index (χ0) is 14.1. The van der Waals surface area contributed by atoms with Gasteiger partial charge in [-0.3, -0.25) is 4.79 Å². The molecule has 0 saturated carbocycles. The molecule has 0 radical (unpaired) electrons. The predicted octanol–water partition coefficient (Wildman–Crippen LogP) is 4.26. The number of hydrogen-bond donors (Lipinski definition) is 0. The number of halogens is 6. The van der Waals surface area contributed by atoms with Crippen LogP contribution in [0, 0.1) is 0 Å². The van der Waals surface area contributed by atoms with Crippen LogP contribution in [-0.4, -0.2) is 12.5 Å². The molecule has 0 heterocycles. The number of thioether (sulfide) groups is 1. The second-order valence-corrected chi connectivity index (χ2v) is 4.07. The van der Waals surface area contributed by atoms with E-state index in [0.717, 1.165) is 17.8 Å². The minimum atomic E-state index is -5.24. The van der Waals surface area contributed by atoms with E-state index >= 15 is 0 Å². The maximum Gasteiger partial charge on any atom is 0.417 e. The van der Waals surface area contributed by atoms with Gasteiger partial charge >= 0.3 is 12.4 Å². The summed E-state index contributed by atoms with van der Waals surface area (Å²) in [6, 6.07) is 1.19. The van der Waals surface area contributed by atoms with Gasteiger partial charge in [0.1, 0.15) is 0 Å². The Kier molecular flexibility index (Phi) is 3.99. The molecule has 100 valence electrons. The van der Waals surface area contributed by atoms with Crippen LogP contribution in [0.15, 0.2) is 17.0 Å². The number of carbonyl (C=O) groups is 1. The summed E-state index contributed by atoms with van der Waals surface area (Å²) < 4.78 is 75.5. The van der Waals surface area contributed by atoms with E-state index in [9.17, 15) is 31.1 Å². The van der Waals surface area contributed by atoms with Crippen molar-refractivity contribution < 1.29 is 31.1 Å². The first-order valence-corrected chi connectivity index (χ1v) is 5.66. The summed E-state index contributed by atoms with van der Waals surface area (Å²) in [5.41, 5.74) is -4.77. The van der Waals surface area contributed by atoms with Crippen LogP contribution in [0.25, 0.3) is 0 Å². The van der Waals surface area contributed by atoms with Crippen LogP contribution in [-0.2, 0) is 12.4 Å². The van der Waals surface area contributed by atoms with Gasteiger partial charge in [-0.2, -0.15) is 26.3 Å². The molecule has 0 aliphatic rings. The molecule has 0 fully saturated rings. The molecular weight excluding hydrogens is 282 g/mol. The van der Waals surface area contributed by atoms with Crippen molar-refractivity contribution in [2.75, 3.05) is 6.26 Å². The van der Waals surface area contributed by atoms with Crippen LogP contribution in [0.5, 0.6) is 0 Å². The molecule has 0 bridgehead atoms. The summed E-state index contributed by atoms with van der Waals surface area (Å²) >= 11 is 0.771. The Balaban J connectivity index is 3.72.